The van der Waals surface area contributed by atoms with Gasteiger partial charge in [-0.15, -0.1) is 11.6 Å². The third-order valence-electron chi connectivity index (χ3n) is 3.64. The Labute approximate surface area is 107 Å². The van der Waals surface area contributed by atoms with E-state index in [1.54, 1.807) is 0 Å². The highest BCUT2D eigenvalue weighted by molar-refractivity contribution is 6.18. The smallest absolute Gasteiger partial charge is 0.221 e. The normalized spacial score (nSPS) is 17.2. The molecule has 0 unspecified atom stereocenters. The maximum absolute atomic E-state index is 11.5. The van der Waals surface area contributed by atoms with Crippen LogP contribution in [-0.2, 0) is 10.2 Å². The third-order valence-corrected chi connectivity index (χ3v) is 3.83. The molecule has 1 amide bonds. The highest BCUT2D eigenvalue weighted by Crippen LogP contribution is 2.43. The van der Waals surface area contributed by atoms with Crippen molar-refractivity contribution in [3.05, 3.63) is 35.9 Å². The second-order valence-corrected chi connectivity index (χ2v) is 5.09. The number of hydrogen-bond acceptors (Lipinski definition) is 1. The van der Waals surface area contributed by atoms with Gasteiger partial charge in [-0.1, -0.05) is 36.8 Å². The van der Waals surface area contributed by atoms with Crippen molar-refractivity contribution >= 4 is 17.5 Å². The van der Waals surface area contributed by atoms with Gasteiger partial charge in [0.15, 0.2) is 0 Å². The Balaban J connectivity index is 1.99. The number of nitrogens with one attached hydrogen (secondary N) is 1. The quantitative estimate of drug-likeness (QED) is 0.801. The van der Waals surface area contributed by atoms with Crippen molar-refractivity contribution in [1.29, 1.82) is 0 Å². The number of halogens is 1. The summed E-state index contributed by atoms with van der Waals surface area (Å²) in [7, 11) is 0. The first-order valence-corrected chi connectivity index (χ1v) is 6.68. The van der Waals surface area contributed by atoms with Crippen LogP contribution < -0.4 is 5.32 Å². The van der Waals surface area contributed by atoms with Crippen LogP contribution in [0.15, 0.2) is 30.3 Å². The van der Waals surface area contributed by atoms with Crippen LogP contribution in [0.25, 0.3) is 0 Å². The fourth-order valence-corrected chi connectivity index (χ4v) is 2.58. The van der Waals surface area contributed by atoms with Crippen LogP contribution in [0.1, 0.15) is 31.2 Å². The van der Waals surface area contributed by atoms with E-state index in [9.17, 15) is 4.79 Å². The van der Waals surface area contributed by atoms with Gasteiger partial charge in [0.2, 0.25) is 5.91 Å². The van der Waals surface area contributed by atoms with Crippen LogP contribution in [0.5, 0.6) is 0 Å². The maximum atomic E-state index is 11.5. The van der Waals surface area contributed by atoms with Crippen LogP contribution in [0.2, 0.25) is 0 Å². The number of amides is 1. The van der Waals surface area contributed by atoms with Crippen molar-refractivity contribution in [2.45, 2.75) is 31.1 Å². The molecule has 1 saturated carbocycles. The summed E-state index contributed by atoms with van der Waals surface area (Å²) < 4.78 is 0. The van der Waals surface area contributed by atoms with E-state index in [-0.39, 0.29) is 11.3 Å². The molecule has 0 atom stereocenters. The average molecular weight is 252 g/mol. The van der Waals surface area contributed by atoms with Gasteiger partial charge in [-0.05, 0) is 18.4 Å². The number of carbonyl (C=O) groups is 1. The minimum absolute atomic E-state index is 0.0576. The first kappa shape index (κ1) is 12.4. The van der Waals surface area contributed by atoms with E-state index < -0.39 is 0 Å². The standard InChI is InChI=1S/C14H18ClNO/c15-10-7-13(17)16-11-14(8-4-9-14)12-5-2-1-3-6-12/h1-3,5-6H,4,7-11H2,(H,16,17). The van der Waals surface area contributed by atoms with Crippen molar-refractivity contribution in [1.82, 2.24) is 5.32 Å². The SMILES string of the molecule is O=C(CCCl)NCC1(c2ccccc2)CCC1. The van der Waals surface area contributed by atoms with Crippen molar-refractivity contribution in [2.24, 2.45) is 0 Å². The lowest BCUT2D eigenvalue weighted by Crippen LogP contribution is -2.45. The molecule has 3 heteroatoms. The number of carbonyl (C=O) groups excluding carboxylic acids is 1. The van der Waals surface area contributed by atoms with Crippen molar-refractivity contribution in [3.63, 3.8) is 0 Å². The number of benzene rings is 1. The monoisotopic (exact) mass is 251 g/mol. The number of hydrogen-bond donors (Lipinski definition) is 1. The van der Waals surface area contributed by atoms with Crippen molar-refractivity contribution in [3.8, 4) is 0 Å². The predicted octanol–water partition coefficient (Wildman–Crippen LogP) is 2.85. The summed E-state index contributed by atoms with van der Waals surface area (Å²) in [6.45, 7) is 0.743. The van der Waals surface area contributed by atoms with Gasteiger partial charge in [0.05, 0.1) is 0 Å². The molecule has 1 aromatic rings. The van der Waals surface area contributed by atoms with Crippen LogP contribution >= 0.6 is 11.6 Å². The average Bonchev–Trinajstić information content (AvgIpc) is 2.29. The first-order valence-electron chi connectivity index (χ1n) is 6.15. The molecule has 0 saturated heterocycles. The molecular weight excluding hydrogens is 234 g/mol. The Kier molecular flexibility index (Phi) is 4.06. The topological polar surface area (TPSA) is 29.1 Å². The molecule has 0 bridgehead atoms. The van der Waals surface area contributed by atoms with Crippen LogP contribution in [0.3, 0.4) is 0 Å². The second-order valence-electron chi connectivity index (χ2n) is 4.72. The van der Waals surface area contributed by atoms with Crippen molar-refractivity contribution < 1.29 is 4.79 Å². The van der Waals surface area contributed by atoms with E-state index in [1.165, 1.54) is 12.0 Å². The lowest BCUT2D eigenvalue weighted by Gasteiger charge is -2.42. The van der Waals surface area contributed by atoms with Gasteiger partial charge in [-0.3, -0.25) is 4.79 Å². The molecule has 1 aliphatic carbocycles. The molecule has 0 radical (unpaired) electrons. The number of rotatable bonds is 5. The van der Waals surface area contributed by atoms with Gasteiger partial charge in [0, 0.05) is 24.3 Å². The molecule has 92 valence electrons. The van der Waals surface area contributed by atoms with Crippen LogP contribution in [0.4, 0.5) is 0 Å². The zero-order valence-corrected chi connectivity index (χ0v) is 10.7. The lowest BCUT2D eigenvalue weighted by atomic mass is 9.64. The molecule has 0 aliphatic heterocycles. The lowest BCUT2D eigenvalue weighted by molar-refractivity contribution is -0.121. The fourth-order valence-electron chi connectivity index (χ4n) is 2.40. The predicted molar refractivity (Wildman–Crippen MR) is 70.3 cm³/mol. The van der Waals surface area contributed by atoms with E-state index in [2.05, 4.69) is 29.6 Å². The van der Waals surface area contributed by atoms with Crippen molar-refractivity contribution in [2.75, 3.05) is 12.4 Å². The van der Waals surface area contributed by atoms with Gasteiger partial charge >= 0.3 is 0 Å². The molecule has 0 aromatic heterocycles. The molecule has 1 aliphatic rings. The van der Waals surface area contributed by atoms with Gasteiger partial charge < -0.3 is 5.32 Å². The summed E-state index contributed by atoms with van der Waals surface area (Å²) in [6, 6.07) is 10.5. The molecule has 2 rings (SSSR count). The van der Waals surface area contributed by atoms with Gasteiger partial charge in [-0.2, -0.15) is 0 Å². The fraction of sp³-hybridized carbons (Fsp3) is 0.500. The van der Waals surface area contributed by atoms with Gasteiger partial charge in [-0.25, -0.2) is 0 Å². The Hall–Kier alpha value is -1.02. The van der Waals surface area contributed by atoms with E-state index in [0.717, 1.165) is 19.4 Å². The van der Waals surface area contributed by atoms with Gasteiger partial charge in [0.25, 0.3) is 0 Å². The first-order chi connectivity index (χ1) is 8.27. The summed E-state index contributed by atoms with van der Waals surface area (Å²) in [6.07, 6.45) is 3.99. The summed E-state index contributed by atoms with van der Waals surface area (Å²) in [5.41, 5.74) is 1.51. The minimum atomic E-state index is 0.0576. The van der Waals surface area contributed by atoms with E-state index in [4.69, 9.17) is 11.6 Å². The molecule has 1 N–H and O–H groups in total. The highest BCUT2D eigenvalue weighted by atomic mass is 35.5. The zero-order valence-electron chi connectivity index (χ0n) is 9.92. The molecule has 1 fully saturated rings. The molecule has 17 heavy (non-hydrogen) atoms. The highest BCUT2D eigenvalue weighted by Gasteiger charge is 2.38. The minimum Gasteiger partial charge on any atom is -0.355 e. The number of alkyl halides is 1. The summed E-state index contributed by atoms with van der Waals surface area (Å²) >= 11 is 5.55. The van der Waals surface area contributed by atoms with Crippen LogP contribution in [0, 0.1) is 0 Å². The molecule has 0 heterocycles. The Morgan fingerprint density at radius 1 is 1.29 bits per heavy atom. The Morgan fingerprint density at radius 2 is 2.00 bits per heavy atom. The Morgan fingerprint density at radius 3 is 2.53 bits per heavy atom. The summed E-state index contributed by atoms with van der Waals surface area (Å²) in [5.74, 6) is 0.451. The maximum Gasteiger partial charge on any atom is 0.221 e. The summed E-state index contributed by atoms with van der Waals surface area (Å²) in [5, 5.41) is 3.00. The zero-order chi connectivity index (χ0) is 12.1. The largest absolute Gasteiger partial charge is 0.355 e. The second kappa shape index (κ2) is 5.54. The molecule has 2 nitrogen and oxygen atoms in total. The van der Waals surface area contributed by atoms with E-state index >= 15 is 0 Å². The molecule has 0 spiro atoms. The van der Waals surface area contributed by atoms with E-state index in [1.807, 2.05) is 6.07 Å². The van der Waals surface area contributed by atoms with Crippen LogP contribution in [-0.4, -0.2) is 18.3 Å². The molecule has 1 aromatic carbocycles. The summed E-state index contributed by atoms with van der Waals surface area (Å²) in [4.78, 5) is 11.5. The van der Waals surface area contributed by atoms with Gasteiger partial charge in [0.1, 0.15) is 0 Å². The third kappa shape index (κ3) is 2.81. The van der Waals surface area contributed by atoms with E-state index in [0.29, 0.717) is 12.3 Å². The Bertz CT molecular complexity index is 373. The molecular formula is C14H18ClNO.